The van der Waals surface area contributed by atoms with Crippen molar-refractivity contribution < 1.29 is 9.59 Å². The van der Waals surface area contributed by atoms with Crippen LogP contribution in [0, 0.1) is 12.8 Å². The van der Waals surface area contributed by atoms with Crippen LogP contribution in [0.1, 0.15) is 33.8 Å². The fraction of sp³-hybridized carbons (Fsp3) is 0.286. The summed E-state index contributed by atoms with van der Waals surface area (Å²) in [6.45, 7) is 2.74. The molecule has 0 saturated heterocycles. The molecule has 1 N–H and O–H groups in total. The highest BCUT2D eigenvalue weighted by molar-refractivity contribution is 7.16. The van der Waals surface area contributed by atoms with E-state index in [1.165, 1.54) is 35.5 Å². The first-order valence-electron chi connectivity index (χ1n) is 9.59. The van der Waals surface area contributed by atoms with E-state index in [4.69, 9.17) is 0 Å². The fourth-order valence-electron chi connectivity index (χ4n) is 3.62. The normalized spacial score (nSPS) is 15.3. The molecule has 29 heavy (non-hydrogen) atoms. The van der Waals surface area contributed by atoms with Crippen LogP contribution in [0.25, 0.3) is 11.3 Å². The van der Waals surface area contributed by atoms with Crippen LogP contribution in [0.4, 0.5) is 10.8 Å². The second-order valence-corrected chi connectivity index (χ2v) is 8.53. The van der Waals surface area contributed by atoms with E-state index in [1.807, 2.05) is 24.0 Å². The summed E-state index contributed by atoms with van der Waals surface area (Å²) in [5, 5.41) is 3.32. The molecule has 1 aromatic carbocycles. The van der Waals surface area contributed by atoms with Gasteiger partial charge in [-0.2, -0.15) is 0 Å². The highest BCUT2D eigenvalue weighted by Gasteiger charge is 2.36. The van der Waals surface area contributed by atoms with Crippen molar-refractivity contribution in [3.63, 3.8) is 0 Å². The van der Waals surface area contributed by atoms with Crippen LogP contribution in [-0.2, 0) is 11.2 Å². The maximum absolute atomic E-state index is 12.5. The first-order valence-corrected chi connectivity index (χ1v) is 10.4. The van der Waals surface area contributed by atoms with Gasteiger partial charge in [-0.15, -0.1) is 11.3 Å². The number of rotatable bonds is 4. The number of amides is 2. The van der Waals surface area contributed by atoms with Crippen LogP contribution in [0.3, 0.4) is 0 Å². The van der Waals surface area contributed by atoms with Gasteiger partial charge in [-0.25, -0.2) is 9.97 Å². The molecule has 0 bridgehead atoms. The van der Waals surface area contributed by atoms with Gasteiger partial charge in [0.05, 0.1) is 11.9 Å². The van der Waals surface area contributed by atoms with Crippen molar-refractivity contribution in [2.45, 2.75) is 26.2 Å². The number of aryl methyl sites for hydroxylation is 1. The number of benzene rings is 1. The number of anilines is 2. The summed E-state index contributed by atoms with van der Waals surface area (Å²) in [5.74, 6) is 0.152. The van der Waals surface area contributed by atoms with Crippen molar-refractivity contribution >= 4 is 34.0 Å². The Morgan fingerprint density at radius 1 is 1.24 bits per heavy atom. The predicted octanol–water partition coefficient (Wildman–Crippen LogP) is 3.46. The molecule has 1 aliphatic heterocycles. The SMILES string of the molecule is Cc1sc(NC(=O)c2cnccn2)nc1-c1ccc2c(c1)CCN2C(=O)C1CC1. The van der Waals surface area contributed by atoms with Gasteiger partial charge in [0.1, 0.15) is 5.69 Å². The number of hydrogen-bond donors (Lipinski definition) is 1. The lowest BCUT2D eigenvalue weighted by Gasteiger charge is -2.17. The van der Waals surface area contributed by atoms with Gasteiger partial charge >= 0.3 is 0 Å². The first kappa shape index (κ1) is 17.9. The van der Waals surface area contributed by atoms with E-state index < -0.39 is 0 Å². The number of carbonyl (C=O) groups is 2. The standard InChI is InChI=1S/C21H19N5O2S/c1-12-18(24-21(29-12)25-19(27)16-11-22-7-8-23-16)15-4-5-17-14(10-15)6-9-26(17)20(28)13-2-3-13/h4-5,7-8,10-11,13H,2-3,6,9H2,1H3,(H,24,25,27). The highest BCUT2D eigenvalue weighted by atomic mass is 32.1. The van der Waals surface area contributed by atoms with Crippen LogP contribution >= 0.6 is 11.3 Å². The Hall–Kier alpha value is -3.13. The zero-order chi connectivity index (χ0) is 20.0. The number of fused-ring (bicyclic) bond motifs is 1. The largest absolute Gasteiger partial charge is 0.312 e. The van der Waals surface area contributed by atoms with E-state index in [0.717, 1.165) is 47.6 Å². The average Bonchev–Trinajstić information content (AvgIpc) is 3.41. The molecule has 7 nitrogen and oxygen atoms in total. The maximum atomic E-state index is 12.5. The fourth-order valence-corrected chi connectivity index (χ4v) is 4.45. The average molecular weight is 405 g/mol. The number of aromatic nitrogens is 3. The summed E-state index contributed by atoms with van der Waals surface area (Å²) in [5.41, 5.74) is 4.29. The van der Waals surface area contributed by atoms with Crippen LogP contribution in [0.15, 0.2) is 36.8 Å². The molecular formula is C21H19N5O2S. The predicted molar refractivity (Wildman–Crippen MR) is 111 cm³/mol. The maximum Gasteiger partial charge on any atom is 0.277 e. The molecule has 0 unspecified atom stereocenters. The number of nitrogens with one attached hydrogen (secondary N) is 1. The summed E-state index contributed by atoms with van der Waals surface area (Å²) in [6.07, 6.45) is 7.32. The van der Waals surface area contributed by atoms with Crippen molar-refractivity contribution in [2.24, 2.45) is 5.92 Å². The Morgan fingerprint density at radius 3 is 2.86 bits per heavy atom. The summed E-state index contributed by atoms with van der Waals surface area (Å²) in [7, 11) is 0. The molecule has 3 heterocycles. The lowest BCUT2D eigenvalue weighted by Crippen LogP contribution is -2.30. The smallest absolute Gasteiger partial charge is 0.277 e. The van der Waals surface area contributed by atoms with Crippen molar-refractivity contribution in [3.8, 4) is 11.3 Å². The van der Waals surface area contributed by atoms with E-state index in [2.05, 4.69) is 26.3 Å². The molecule has 2 aromatic heterocycles. The topological polar surface area (TPSA) is 88.1 Å². The van der Waals surface area contributed by atoms with Crippen LogP contribution in [0.2, 0.25) is 0 Å². The van der Waals surface area contributed by atoms with E-state index in [9.17, 15) is 9.59 Å². The molecule has 8 heteroatoms. The molecule has 1 fully saturated rings. The molecule has 5 rings (SSSR count). The number of thiazole rings is 1. The number of carbonyl (C=O) groups excluding carboxylic acids is 2. The third-order valence-electron chi connectivity index (χ3n) is 5.25. The molecule has 2 amide bonds. The van der Waals surface area contributed by atoms with E-state index >= 15 is 0 Å². The Labute approximate surface area is 171 Å². The first-order chi connectivity index (χ1) is 14.1. The molecule has 0 atom stereocenters. The second kappa shape index (κ2) is 7.04. The highest BCUT2D eigenvalue weighted by Crippen LogP contribution is 2.39. The Balaban J connectivity index is 1.38. The quantitative estimate of drug-likeness (QED) is 0.718. The number of nitrogens with zero attached hydrogens (tertiary/aromatic N) is 4. The molecule has 1 saturated carbocycles. The monoisotopic (exact) mass is 405 g/mol. The minimum atomic E-state index is -0.332. The van der Waals surface area contributed by atoms with Gasteiger partial charge in [0.15, 0.2) is 5.13 Å². The van der Waals surface area contributed by atoms with Crippen LogP contribution in [0.5, 0.6) is 0 Å². The third-order valence-corrected chi connectivity index (χ3v) is 6.14. The van der Waals surface area contributed by atoms with Gasteiger partial charge in [0.2, 0.25) is 5.91 Å². The Morgan fingerprint density at radius 2 is 2.10 bits per heavy atom. The van der Waals surface area contributed by atoms with Gasteiger partial charge in [-0.05, 0) is 43.9 Å². The Kier molecular flexibility index (Phi) is 4.35. The molecule has 146 valence electrons. The summed E-state index contributed by atoms with van der Waals surface area (Å²) in [6, 6.07) is 6.15. The summed E-state index contributed by atoms with van der Waals surface area (Å²) < 4.78 is 0. The van der Waals surface area contributed by atoms with Crippen LogP contribution < -0.4 is 10.2 Å². The van der Waals surface area contributed by atoms with Crippen molar-refractivity contribution in [2.75, 3.05) is 16.8 Å². The zero-order valence-electron chi connectivity index (χ0n) is 15.9. The number of hydrogen-bond acceptors (Lipinski definition) is 6. The molecular weight excluding hydrogens is 386 g/mol. The van der Waals surface area contributed by atoms with Gasteiger partial charge < -0.3 is 4.90 Å². The van der Waals surface area contributed by atoms with E-state index in [-0.39, 0.29) is 23.4 Å². The lowest BCUT2D eigenvalue weighted by molar-refractivity contribution is -0.119. The van der Waals surface area contributed by atoms with Gasteiger partial charge in [-0.3, -0.25) is 19.9 Å². The van der Waals surface area contributed by atoms with Gasteiger partial charge in [0.25, 0.3) is 5.91 Å². The molecule has 2 aliphatic rings. The zero-order valence-corrected chi connectivity index (χ0v) is 16.7. The second-order valence-electron chi connectivity index (χ2n) is 7.33. The van der Waals surface area contributed by atoms with E-state index in [0.29, 0.717) is 5.13 Å². The van der Waals surface area contributed by atoms with Gasteiger partial charge in [0, 0.05) is 41.0 Å². The molecule has 0 spiro atoms. The minimum Gasteiger partial charge on any atom is -0.312 e. The Bertz CT molecular complexity index is 1110. The molecule has 0 radical (unpaired) electrons. The molecule has 1 aliphatic carbocycles. The van der Waals surface area contributed by atoms with Crippen molar-refractivity contribution in [1.82, 2.24) is 15.0 Å². The minimum absolute atomic E-state index is 0.224. The summed E-state index contributed by atoms with van der Waals surface area (Å²) in [4.78, 5) is 40.3. The summed E-state index contributed by atoms with van der Waals surface area (Å²) >= 11 is 1.43. The lowest BCUT2D eigenvalue weighted by atomic mass is 10.1. The van der Waals surface area contributed by atoms with Gasteiger partial charge in [-0.1, -0.05) is 6.07 Å². The molecule has 3 aromatic rings. The van der Waals surface area contributed by atoms with Crippen molar-refractivity contribution in [3.05, 3.63) is 52.9 Å². The third kappa shape index (κ3) is 3.40. The van der Waals surface area contributed by atoms with E-state index in [1.54, 1.807) is 0 Å². The van der Waals surface area contributed by atoms with Crippen molar-refractivity contribution in [1.29, 1.82) is 0 Å². The van der Waals surface area contributed by atoms with Crippen LogP contribution in [-0.4, -0.2) is 33.3 Å².